The Hall–Kier alpha value is -1.14. The van der Waals surface area contributed by atoms with Crippen LogP contribution >= 0.6 is 0 Å². The lowest BCUT2D eigenvalue weighted by molar-refractivity contribution is -0.188. The van der Waals surface area contributed by atoms with E-state index in [0.29, 0.717) is 6.42 Å². The summed E-state index contributed by atoms with van der Waals surface area (Å²) in [7, 11) is 0. The molecule has 0 aromatic carbocycles. The predicted molar refractivity (Wildman–Crippen MR) is 49.8 cm³/mol. The van der Waals surface area contributed by atoms with Crippen molar-refractivity contribution in [3.8, 4) is 0 Å². The van der Waals surface area contributed by atoms with E-state index < -0.39 is 18.9 Å². The Balaban J connectivity index is 3.54. The van der Waals surface area contributed by atoms with Crippen LogP contribution in [0.15, 0.2) is 0 Å². The molecule has 0 aliphatic rings. The molecule has 0 heterocycles. The molecule has 6 nitrogen and oxygen atoms in total. The smallest absolute Gasteiger partial charge is 0.305 e. The maximum absolute atomic E-state index is 10.7. The summed E-state index contributed by atoms with van der Waals surface area (Å²) in [6.45, 7) is 2.61. The molecule has 6 heteroatoms. The van der Waals surface area contributed by atoms with Crippen molar-refractivity contribution in [2.24, 2.45) is 0 Å². The Morgan fingerprint density at radius 1 is 1.33 bits per heavy atom. The summed E-state index contributed by atoms with van der Waals surface area (Å²) in [5.74, 6) is -0.869. The lowest BCUT2D eigenvalue weighted by atomic mass is 10.5. The minimum absolute atomic E-state index is 0.0737. The third-order valence-electron chi connectivity index (χ3n) is 1.39. The number of esters is 2. The van der Waals surface area contributed by atoms with Crippen molar-refractivity contribution in [2.75, 3.05) is 19.8 Å². The van der Waals surface area contributed by atoms with Gasteiger partial charge in [-0.15, -0.1) is 0 Å². The van der Waals surface area contributed by atoms with Crippen molar-refractivity contribution in [1.82, 2.24) is 0 Å². The number of aliphatic hydroxyl groups excluding tert-OH is 1. The van der Waals surface area contributed by atoms with Crippen molar-refractivity contribution >= 4 is 11.9 Å². The summed E-state index contributed by atoms with van der Waals surface area (Å²) in [6.07, 6.45) is -0.698. The molecule has 0 aliphatic carbocycles. The standard InChI is InChI=1S/C9H16O6/c1-3-8(12)13-4-5-14-9(6-10)15-7(2)11/h9-10H,3-6H2,1-2H3. The van der Waals surface area contributed by atoms with Gasteiger partial charge < -0.3 is 19.3 Å². The molecule has 1 unspecified atom stereocenters. The summed E-state index contributed by atoms with van der Waals surface area (Å²) >= 11 is 0. The van der Waals surface area contributed by atoms with E-state index in [2.05, 4.69) is 4.74 Å². The molecular formula is C9H16O6. The van der Waals surface area contributed by atoms with Gasteiger partial charge in [-0.25, -0.2) is 0 Å². The van der Waals surface area contributed by atoms with E-state index in [0.717, 1.165) is 0 Å². The zero-order valence-electron chi connectivity index (χ0n) is 8.89. The summed E-state index contributed by atoms with van der Waals surface area (Å²) in [4.78, 5) is 21.2. The van der Waals surface area contributed by atoms with E-state index in [1.165, 1.54) is 6.92 Å². The number of carbonyl (C=O) groups is 2. The number of aliphatic hydroxyl groups is 1. The van der Waals surface area contributed by atoms with Crippen molar-refractivity contribution < 1.29 is 28.9 Å². The number of carbonyl (C=O) groups excluding carboxylic acids is 2. The highest BCUT2D eigenvalue weighted by Crippen LogP contribution is 1.95. The maximum atomic E-state index is 10.7. The van der Waals surface area contributed by atoms with E-state index in [4.69, 9.17) is 14.6 Å². The van der Waals surface area contributed by atoms with Gasteiger partial charge in [0, 0.05) is 13.3 Å². The highest BCUT2D eigenvalue weighted by atomic mass is 16.7. The van der Waals surface area contributed by atoms with Crippen molar-refractivity contribution in [3.05, 3.63) is 0 Å². The summed E-state index contributed by atoms with van der Waals surface area (Å²) < 4.78 is 14.2. The number of hydrogen-bond acceptors (Lipinski definition) is 6. The van der Waals surface area contributed by atoms with Crippen LogP contribution in [-0.4, -0.2) is 43.2 Å². The second-order valence-corrected chi connectivity index (χ2v) is 2.67. The van der Waals surface area contributed by atoms with Crippen LogP contribution < -0.4 is 0 Å². The van der Waals surface area contributed by atoms with Gasteiger partial charge >= 0.3 is 11.9 Å². The predicted octanol–water partition coefficient (Wildman–Crippen LogP) is -0.162. The fraction of sp³-hybridized carbons (Fsp3) is 0.778. The molecular weight excluding hydrogens is 204 g/mol. The van der Waals surface area contributed by atoms with Gasteiger partial charge in [-0.3, -0.25) is 9.59 Å². The zero-order chi connectivity index (χ0) is 11.7. The highest BCUT2D eigenvalue weighted by Gasteiger charge is 2.10. The van der Waals surface area contributed by atoms with Crippen LogP contribution in [0.25, 0.3) is 0 Å². The maximum Gasteiger partial charge on any atom is 0.305 e. The fourth-order valence-corrected chi connectivity index (χ4v) is 0.746. The minimum Gasteiger partial charge on any atom is -0.463 e. The average molecular weight is 220 g/mol. The molecule has 0 spiro atoms. The van der Waals surface area contributed by atoms with Crippen LogP contribution in [0.4, 0.5) is 0 Å². The third kappa shape index (κ3) is 7.90. The third-order valence-corrected chi connectivity index (χ3v) is 1.39. The second kappa shape index (κ2) is 8.19. The molecule has 15 heavy (non-hydrogen) atoms. The molecule has 0 rings (SSSR count). The van der Waals surface area contributed by atoms with Gasteiger partial charge in [-0.05, 0) is 0 Å². The average Bonchev–Trinajstić information content (AvgIpc) is 2.21. The van der Waals surface area contributed by atoms with Gasteiger partial charge in [0.25, 0.3) is 0 Å². The molecule has 1 N–H and O–H groups in total. The van der Waals surface area contributed by atoms with Gasteiger partial charge in [0.05, 0.1) is 6.61 Å². The lowest BCUT2D eigenvalue weighted by Crippen LogP contribution is -2.26. The lowest BCUT2D eigenvalue weighted by Gasteiger charge is -2.14. The van der Waals surface area contributed by atoms with Crippen LogP contribution in [-0.2, 0) is 23.8 Å². The van der Waals surface area contributed by atoms with Gasteiger partial charge in [0.2, 0.25) is 6.29 Å². The van der Waals surface area contributed by atoms with E-state index in [-0.39, 0.29) is 19.2 Å². The van der Waals surface area contributed by atoms with Gasteiger partial charge in [-0.1, -0.05) is 6.92 Å². The molecule has 0 saturated heterocycles. The Bertz CT molecular complexity index is 203. The Morgan fingerprint density at radius 2 is 2.00 bits per heavy atom. The number of rotatable bonds is 7. The van der Waals surface area contributed by atoms with E-state index in [1.54, 1.807) is 6.92 Å². The SMILES string of the molecule is CCC(=O)OCCOC(CO)OC(C)=O. The first-order valence-corrected chi connectivity index (χ1v) is 4.65. The fourth-order valence-electron chi connectivity index (χ4n) is 0.746. The molecule has 0 fully saturated rings. The quantitative estimate of drug-likeness (QED) is 0.364. The topological polar surface area (TPSA) is 82.1 Å². The van der Waals surface area contributed by atoms with Crippen molar-refractivity contribution in [3.63, 3.8) is 0 Å². The number of ether oxygens (including phenoxy) is 3. The molecule has 0 bridgehead atoms. The first-order valence-electron chi connectivity index (χ1n) is 4.65. The molecule has 0 saturated carbocycles. The van der Waals surface area contributed by atoms with Gasteiger partial charge in [-0.2, -0.15) is 0 Å². The van der Waals surface area contributed by atoms with Crippen LogP contribution in [0.3, 0.4) is 0 Å². The van der Waals surface area contributed by atoms with Crippen LogP contribution in [0, 0.1) is 0 Å². The normalized spacial score (nSPS) is 11.9. The second-order valence-electron chi connectivity index (χ2n) is 2.67. The molecule has 0 radical (unpaired) electrons. The van der Waals surface area contributed by atoms with Crippen LogP contribution in [0.1, 0.15) is 20.3 Å². The van der Waals surface area contributed by atoms with Gasteiger partial charge in [0.15, 0.2) is 0 Å². The summed E-state index contributed by atoms with van der Waals surface area (Å²) in [5, 5.41) is 8.72. The number of hydrogen-bond donors (Lipinski definition) is 1. The van der Waals surface area contributed by atoms with Gasteiger partial charge in [0.1, 0.15) is 13.2 Å². The first kappa shape index (κ1) is 13.9. The van der Waals surface area contributed by atoms with Crippen LogP contribution in [0.2, 0.25) is 0 Å². The molecule has 0 aromatic rings. The highest BCUT2D eigenvalue weighted by molar-refractivity contribution is 5.68. The summed E-state index contributed by atoms with van der Waals surface area (Å²) in [6, 6.07) is 0. The molecule has 0 aromatic heterocycles. The Kier molecular flexibility index (Phi) is 7.57. The Labute approximate surface area is 88.1 Å². The molecule has 0 amide bonds. The Morgan fingerprint density at radius 3 is 2.47 bits per heavy atom. The van der Waals surface area contributed by atoms with Crippen molar-refractivity contribution in [1.29, 1.82) is 0 Å². The zero-order valence-corrected chi connectivity index (χ0v) is 8.89. The van der Waals surface area contributed by atoms with Crippen molar-refractivity contribution in [2.45, 2.75) is 26.6 Å². The van der Waals surface area contributed by atoms with E-state index in [9.17, 15) is 9.59 Å². The molecule has 88 valence electrons. The van der Waals surface area contributed by atoms with E-state index >= 15 is 0 Å². The molecule has 0 aliphatic heterocycles. The van der Waals surface area contributed by atoms with Crippen LogP contribution in [0.5, 0.6) is 0 Å². The largest absolute Gasteiger partial charge is 0.463 e. The minimum atomic E-state index is -0.997. The van der Waals surface area contributed by atoms with E-state index in [1.807, 2.05) is 0 Å². The first-order chi connectivity index (χ1) is 7.10. The summed E-state index contributed by atoms with van der Waals surface area (Å²) in [5.41, 5.74) is 0. The monoisotopic (exact) mass is 220 g/mol. The molecule has 1 atom stereocenters.